The summed E-state index contributed by atoms with van der Waals surface area (Å²) in [6.45, 7) is -0.0703. The lowest BCUT2D eigenvalue weighted by Gasteiger charge is -2.34. The first-order valence-corrected chi connectivity index (χ1v) is 10.5. The zero-order chi connectivity index (χ0) is 18.8. The monoisotopic (exact) mass is 395 g/mol. The van der Waals surface area contributed by atoms with Gasteiger partial charge in [-0.15, -0.1) is 0 Å². The van der Waals surface area contributed by atoms with E-state index in [1.807, 2.05) is 12.1 Å². The summed E-state index contributed by atoms with van der Waals surface area (Å²) in [6.07, 6.45) is 2.12. The Hall–Kier alpha value is -1.60. The van der Waals surface area contributed by atoms with Crippen LogP contribution in [0.5, 0.6) is 5.75 Å². The number of halogens is 1. The van der Waals surface area contributed by atoms with Gasteiger partial charge in [-0.05, 0) is 54.2 Å². The van der Waals surface area contributed by atoms with Crippen LogP contribution in [0.1, 0.15) is 29.5 Å². The molecule has 3 rings (SSSR count). The van der Waals surface area contributed by atoms with Gasteiger partial charge in [-0.2, -0.15) is 0 Å². The predicted octanol–water partition coefficient (Wildman–Crippen LogP) is 2.99. The molecule has 2 aromatic rings. The molecule has 1 aliphatic rings. The number of methoxy groups -OCH3 is 1. The standard InChI is InChI=1S/C19H22ClNO4S/c1-25-16-8-9-17-14(11-16)6-4-10-19(17,22)13-21-26(23,24)12-15-5-2-3-7-18(15)20/h2-3,5,7-9,11,21-22H,4,6,10,12-13H2,1H3/t19-/m1/s1. The summed E-state index contributed by atoms with van der Waals surface area (Å²) < 4.78 is 32.7. The number of nitrogens with one attached hydrogen (secondary N) is 1. The fourth-order valence-electron chi connectivity index (χ4n) is 3.35. The SMILES string of the molecule is COc1ccc2c(c1)CCC[C@@]2(O)CNS(=O)(=O)Cc1ccccc1Cl. The number of aryl methyl sites for hydroxylation is 1. The normalized spacial score (nSPS) is 19.8. The Morgan fingerprint density at radius 1 is 1.27 bits per heavy atom. The molecule has 7 heteroatoms. The van der Waals surface area contributed by atoms with Crippen molar-refractivity contribution < 1.29 is 18.3 Å². The van der Waals surface area contributed by atoms with Gasteiger partial charge >= 0.3 is 0 Å². The maximum atomic E-state index is 12.4. The second-order valence-electron chi connectivity index (χ2n) is 6.58. The lowest BCUT2D eigenvalue weighted by molar-refractivity contribution is 0.0242. The van der Waals surface area contributed by atoms with E-state index in [-0.39, 0.29) is 12.3 Å². The summed E-state index contributed by atoms with van der Waals surface area (Å²) in [4.78, 5) is 0. The third kappa shape index (κ3) is 4.20. The van der Waals surface area contributed by atoms with Crippen LogP contribution in [0, 0.1) is 0 Å². The van der Waals surface area contributed by atoms with E-state index < -0.39 is 15.6 Å². The second kappa shape index (κ2) is 7.56. The molecule has 0 aromatic heterocycles. The van der Waals surface area contributed by atoms with E-state index in [9.17, 15) is 13.5 Å². The molecule has 0 amide bonds. The van der Waals surface area contributed by atoms with Crippen LogP contribution >= 0.6 is 11.6 Å². The lowest BCUT2D eigenvalue weighted by Crippen LogP contribution is -2.43. The first kappa shape index (κ1) is 19.2. The van der Waals surface area contributed by atoms with Crippen LogP contribution < -0.4 is 9.46 Å². The molecular weight excluding hydrogens is 374 g/mol. The van der Waals surface area contributed by atoms with Crippen LogP contribution in [0.4, 0.5) is 0 Å². The molecule has 1 aliphatic carbocycles. The number of rotatable bonds is 6. The number of hydrogen-bond donors (Lipinski definition) is 2. The van der Waals surface area contributed by atoms with E-state index in [4.69, 9.17) is 16.3 Å². The molecule has 0 saturated carbocycles. The Morgan fingerprint density at radius 2 is 2.04 bits per heavy atom. The zero-order valence-electron chi connectivity index (χ0n) is 14.5. The molecule has 0 aliphatic heterocycles. The van der Waals surface area contributed by atoms with Crippen molar-refractivity contribution in [3.8, 4) is 5.75 Å². The van der Waals surface area contributed by atoms with Crippen molar-refractivity contribution in [3.05, 3.63) is 64.2 Å². The zero-order valence-corrected chi connectivity index (χ0v) is 16.1. The summed E-state index contributed by atoms with van der Waals surface area (Å²) in [5.74, 6) is 0.505. The number of benzene rings is 2. The van der Waals surface area contributed by atoms with Gasteiger partial charge in [-0.1, -0.05) is 35.9 Å². The molecule has 26 heavy (non-hydrogen) atoms. The smallest absolute Gasteiger partial charge is 0.215 e. The number of aliphatic hydroxyl groups is 1. The summed E-state index contributed by atoms with van der Waals surface area (Å²) in [5, 5.41) is 11.5. The molecule has 2 N–H and O–H groups in total. The van der Waals surface area contributed by atoms with Crippen molar-refractivity contribution in [2.24, 2.45) is 0 Å². The van der Waals surface area contributed by atoms with Crippen LogP contribution in [0.2, 0.25) is 5.02 Å². The van der Waals surface area contributed by atoms with Gasteiger partial charge in [0.05, 0.1) is 12.9 Å². The Labute approximate surface area is 159 Å². The third-order valence-corrected chi connectivity index (χ3v) is 6.38. The van der Waals surface area contributed by atoms with Crippen molar-refractivity contribution in [1.29, 1.82) is 0 Å². The van der Waals surface area contributed by atoms with Gasteiger partial charge in [0, 0.05) is 11.6 Å². The predicted molar refractivity (Wildman–Crippen MR) is 102 cm³/mol. The molecule has 1 atom stereocenters. The minimum absolute atomic E-state index is 0.0703. The molecule has 2 aromatic carbocycles. The third-order valence-electron chi connectivity index (χ3n) is 4.74. The largest absolute Gasteiger partial charge is 0.497 e. The van der Waals surface area contributed by atoms with E-state index in [0.717, 1.165) is 29.7 Å². The highest BCUT2D eigenvalue weighted by atomic mass is 35.5. The number of sulfonamides is 1. The van der Waals surface area contributed by atoms with Gasteiger partial charge in [0.25, 0.3) is 0 Å². The van der Waals surface area contributed by atoms with Crippen molar-refractivity contribution in [2.45, 2.75) is 30.6 Å². The maximum absolute atomic E-state index is 12.4. The molecule has 5 nitrogen and oxygen atoms in total. The maximum Gasteiger partial charge on any atom is 0.215 e. The Kier molecular flexibility index (Phi) is 5.58. The van der Waals surface area contributed by atoms with Crippen LogP contribution in [0.3, 0.4) is 0 Å². The molecule has 140 valence electrons. The van der Waals surface area contributed by atoms with Gasteiger partial charge < -0.3 is 9.84 Å². The van der Waals surface area contributed by atoms with E-state index in [1.165, 1.54) is 0 Å². The van der Waals surface area contributed by atoms with Crippen molar-refractivity contribution >= 4 is 21.6 Å². The number of fused-ring (bicyclic) bond motifs is 1. The van der Waals surface area contributed by atoms with Gasteiger partial charge in [0.1, 0.15) is 11.4 Å². The van der Waals surface area contributed by atoms with E-state index >= 15 is 0 Å². The minimum Gasteiger partial charge on any atom is -0.497 e. The molecule has 0 heterocycles. The Morgan fingerprint density at radius 3 is 2.77 bits per heavy atom. The van der Waals surface area contributed by atoms with Crippen molar-refractivity contribution in [2.75, 3.05) is 13.7 Å². The Balaban J connectivity index is 1.76. The summed E-state index contributed by atoms with van der Waals surface area (Å²) in [6, 6.07) is 12.3. The number of hydrogen-bond acceptors (Lipinski definition) is 4. The number of ether oxygens (including phenoxy) is 1. The highest BCUT2D eigenvalue weighted by Crippen LogP contribution is 2.36. The summed E-state index contributed by atoms with van der Waals surface area (Å²) in [7, 11) is -2.03. The van der Waals surface area contributed by atoms with Crippen LogP contribution in [0.25, 0.3) is 0 Å². The average molecular weight is 396 g/mol. The second-order valence-corrected chi connectivity index (χ2v) is 8.79. The van der Waals surface area contributed by atoms with Crippen LogP contribution in [-0.2, 0) is 27.8 Å². The van der Waals surface area contributed by atoms with Crippen molar-refractivity contribution in [1.82, 2.24) is 4.72 Å². The first-order valence-electron chi connectivity index (χ1n) is 8.43. The van der Waals surface area contributed by atoms with Gasteiger partial charge in [0.15, 0.2) is 0 Å². The molecule has 0 fully saturated rings. The van der Waals surface area contributed by atoms with E-state index in [1.54, 1.807) is 37.4 Å². The fourth-order valence-corrected chi connectivity index (χ4v) is 4.85. The van der Waals surface area contributed by atoms with Gasteiger partial charge in [-0.25, -0.2) is 13.1 Å². The first-order chi connectivity index (χ1) is 12.3. The highest BCUT2D eigenvalue weighted by molar-refractivity contribution is 7.88. The van der Waals surface area contributed by atoms with E-state index in [0.29, 0.717) is 17.0 Å². The van der Waals surface area contributed by atoms with E-state index in [2.05, 4.69) is 4.72 Å². The summed E-state index contributed by atoms with van der Waals surface area (Å²) in [5.41, 5.74) is 1.05. The van der Waals surface area contributed by atoms with Gasteiger partial charge in [-0.3, -0.25) is 0 Å². The molecule has 0 spiro atoms. The lowest BCUT2D eigenvalue weighted by atomic mass is 9.79. The molecule has 0 unspecified atom stereocenters. The average Bonchev–Trinajstić information content (AvgIpc) is 2.62. The molecule has 0 saturated heterocycles. The minimum atomic E-state index is -3.63. The van der Waals surface area contributed by atoms with Crippen molar-refractivity contribution in [3.63, 3.8) is 0 Å². The summed E-state index contributed by atoms with van der Waals surface area (Å²) >= 11 is 6.05. The van der Waals surface area contributed by atoms with Crippen LogP contribution in [-0.4, -0.2) is 27.2 Å². The molecule has 0 bridgehead atoms. The quantitative estimate of drug-likeness (QED) is 0.788. The molecular formula is C19H22ClNO4S. The highest BCUT2D eigenvalue weighted by Gasteiger charge is 2.35. The topological polar surface area (TPSA) is 75.6 Å². The van der Waals surface area contributed by atoms with Crippen LogP contribution in [0.15, 0.2) is 42.5 Å². The molecule has 0 radical (unpaired) electrons. The Bertz CT molecular complexity index is 900. The fraction of sp³-hybridized carbons (Fsp3) is 0.368. The van der Waals surface area contributed by atoms with Gasteiger partial charge in [0.2, 0.25) is 10.0 Å².